The Morgan fingerprint density at radius 1 is 0.935 bits per heavy atom. The number of phenols is 2. The van der Waals surface area contributed by atoms with Gasteiger partial charge in [0.2, 0.25) is 0 Å². The van der Waals surface area contributed by atoms with E-state index in [2.05, 4.69) is 4.90 Å². The summed E-state index contributed by atoms with van der Waals surface area (Å²) in [6.45, 7) is 3.97. The van der Waals surface area contributed by atoms with E-state index in [0.29, 0.717) is 26.2 Å². The summed E-state index contributed by atoms with van der Waals surface area (Å²) in [5.74, 6) is -2.39. The SMILES string of the molecule is Cc1oc2c(O)c3c(c(O)c2c1C(=O)N1CCN(C)CC1)C(=O)c1ccccc1C3=O. The van der Waals surface area contributed by atoms with E-state index in [1.807, 2.05) is 7.05 Å². The number of aryl methyl sites for hydroxylation is 1. The van der Waals surface area contributed by atoms with Crippen molar-refractivity contribution in [3.05, 3.63) is 57.8 Å². The van der Waals surface area contributed by atoms with Crippen LogP contribution >= 0.6 is 0 Å². The monoisotopic (exact) mass is 420 g/mol. The molecule has 8 nitrogen and oxygen atoms in total. The van der Waals surface area contributed by atoms with Crippen LogP contribution in [0.25, 0.3) is 11.0 Å². The van der Waals surface area contributed by atoms with Gasteiger partial charge in [-0.05, 0) is 14.0 Å². The van der Waals surface area contributed by atoms with E-state index in [-0.39, 0.29) is 50.5 Å². The Balaban J connectivity index is 1.75. The molecule has 31 heavy (non-hydrogen) atoms. The minimum absolute atomic E-state index is 0.0433. The Morgan fingerprint density at radius 3 is 2.06 bits per heavy atom. The number of likely N-dealkylation sites (N-methyl/N-ethyl adjacent to an activating group) is 1. The van der Waals surface area contributed by atoms with Gasteiger partial charge in [-0.15, -0.1) is 0 Å². The summed E-state index contributed by atoms with van der Waals surface area (Å²) in [6, 6.07) is 6.23. The number of hydrogen-bond acceptors (Lipinski definition) is 7. The van der Waals surface area contributed by atoms with Crippen LogP contribution in [0.15, 0.2) is 28.7 Å². The molecule has 1 amide bonds. The highest BCUT2D eigenvalue weighted by molar-refractivity contribution is 6.33. The highest BCUT2D eigenvalue weighted by atomic mass is 16.4. The van der Waals surface area contributed by atoms with Crippen LogP contribution in [-0.4, -0.2) is 70.7 Å². The van der Waals surface area contributed by atoms with Crippen molar-refractivity contribution in [3.63, 3.8) is 0 Å². The first kappa shape index (κ1) is 19.3. The third-order valence-corrected chi connectivity index (χ3v) is 6.13. The van der Waals surface area contributed by atoms with Crippen molar-refractivity contribution in [2.45, 2.75) is 6.92 Å². The molecule has 0 atom stereocenters. The first-order chi connectivity index (χ1) is 14.8. The van der Waals surface area contributed by atoms with Crippen LogP contribution in [0.1, 0.15) is 48.0 Å². The number of phenolic OH excluding ortho intramolecular Hbond substituents is 2. The smallest absolute Gasteiger partial charge is 0.258 e. The maximum atomic E-state index is 13.3. The van der Waals surface area contributed by atoms with E-state index in [0.717, 1.165) is 0 Å². The molecule has 5 rings (SSSR count). The predicted octanol–water partition coefficient (Wildman–Crippen LogP) is 2.32. The highest BCUT2D eigenvalue weighted by Crippen LogP contribution is 2.47. The molecule has 158 valence electrons. The van der Waals surface area contributed by atoms with E-state index < -0.39 is 23.1 Å². The molecule has 2 aromatic carbocycles. The Labute approximate surface area is 177 Å². The lowest BCUT2D eigenvalue weighted by atomic mass is 9.82. The lowest BCUT2D eigenvalue weighted by Gasteiger charge is -2.32. The van der Waals surface area contributed by atoms with E-state index in [1.165, 1.54) is 12.1 Å². The van der Waals surface area contributed by atoms with Gasteiger partial charge in [0.15, 0.2) is 22.9 Å². The molecule has 8 heteroatoms. The van der Waals surface area contributed by atoms with Crippen LogP contribution in [0.3, 0.4) is 0 Å². The van der Waals surface area contributed by atoms with Crippen LogP contribution in [0.2, 0.25) is 0 Å². The van der Waals surface area contributed by atoms with Crippen LogP contribution in [-0.2, 0) is 0 Å². The number of amides is 1. The molecule has 2 aliphatic rings. The summed E-state index contributed by atoms with van der Waals surface area (Å²) >= 11 is 0. The van der Waals surface area contributed by atoms with Gasteiger partial charge in [0.25, 0.3) is 5.91 Å². The Kier molecular flexibility index (Phi) is 4.16. The first-order valence-electron chi connectivity index (χ1n) is 9.98. The van der Waals surface area contributed by atoms with Gasteiger partial charge in [0.1, 0.15) is 11.5 Å². The zero-order valence-electron chi connectivity index (χ0n) is 17.1. The van der Waals surface area contributed by atoms with Gasteiger partial charge >= 0.3 is 0 Å². The second-order valence-corrected chi connectivity index (χ2v) is 7.98. The summed E-state index contributed by atoms with van der Waals surface area (Å²) in [5.41, 5.74) is -0.406. The molecule has 0 bridgehead atoms. The van der Waals surface area contributed by atoms with Crippen molar-refractivity contribution in [2.75, 3.05) is 33.2 Å². The van der Waals surface area contributed by atoms with E-state index >= 15 is 0 Å². The molecule has 0 spiro atoms. The Hall–Kier alpha value is -3.65. The summed E-state index contributed by atoms with van der Waals surface area (Å²) in [7, 11) is 1.97. The lowest BCUT2D eigenvalue weighted by molar-refractivity contribution is 0.0663. The van der Waals surface area contributed by atoms with Crippen LogP contribution in [0.5, 0.6) is 11.5 Å². The molecule has 1 aliphatic heterocycles. The van der Waals surface area contributed by atoms with E-state index in [9.17, 15) is 24.6 Å². The molecule has 2 heterocycles. The number of hydrogen-bond donors (Lipinski definition) is 2. The standard InChI is InChI=1S/C23H20N2O6/c1-11-14(23(30)25-9-7-24(2)8-10-25)17-20(28)15-16(21(29)22(17)31-11)19(27)13-6-4-3-5-12(13)18(15)26/h3-6,28-29H,7-10H2,1-2H3. The maximum absolute atomic E-state index is 13.3. The summed E-state index contributed by atoms with van der Waals surface area (Å²) in [4.78, 5) is 43.2. The van der Waals surface area contributed by atoms with Crippen molar-refractivity contribution in [1.82, 2.24) is 9.80 Å². The molecule has 2 N–H and O–H groups in total. The molecule has 1 aromatic heterocycles. The van der Waals surface area contributed by atoms with Gasteiger partial charge in [-0.2, -0.15) is 0 Å². The van der Waals surface area contributed by atoms with Crippen molar-refractivity contribution in [3.8, 4) is 11.5 Å². The summed E-state index contributed by atoms with van der Waals surface area (Å²) in [6.07, 6.45) is 0. The van der Waals surface area contributed by atoms with Crippen LogP contribution < -0.4 is 0 Å². The fraction of sp³-hybridized carbons (Fsp3) is 0.261. The number of carbonyl (C=O) groups is 3. The van der Waals surface area contributed by atoms with Crippen molar-refractivity contribution in [2.24, 2.45) is 0 Å². The first-order valence-corrected chi connectivity index (χ1v) is 9.98. The van der Waals surface area contributed by atoms with Gasteiger partial charge in [-0.3, -0.25) is 14.4 Å². The topological polar surface area (TPSA) is 111 Å². The van der Waals surface area contributed by atoms with Gasteiger partial charge < -0.3 is 24.4 Å². The number of ketones is 2. The number of furan rings is 1. The largest absolute Gasteiger partial charge is 0.506 e. The van der Waals surface area contributed by atoms with Crippen molar-refractivity contribution < 1.29 is 29.0 Å². The molecule has 0 saturated carbocycles. The van der Waals surface area contributed by atoms with Crippen molar-refractivity contribution in [1.29, 1.82) is 0 Å². The molecule has 1 aliphatic carbocycles. The molecule has 0 radical (unpaired) electrons. The molecular formula is C23H20N2O6. The van der Waals surface area contributed by atoms with Gasteiger partial charge in [-0.1, -0.05) is 24.3 Å². The van der Waals surface area contributed by atoms with Crippen LogP contribution in [0.4, 0.5) is 0 Å². The van der Waals surface area contributed by atoms with E-state index in [1.54, 1.807) is 24.0 Å². The summed E-state index contributed by atoms with van der Waals surface area (Å²) in [5, 5.41) is 21.9. The minimum atomic E-state index is -0.586. The average molecular weight is 420 g/mol. The molecule has 1 fully saturated rings. The fourth-order valence-electron chi connectivity index (χ4n) is 4.43. The predicted molar refractivity (Wildman–Crippen MR) is 111 cm³/mol. The highest BCUT2D eigenvalue weighted by Gasteiger charge is 2.39. The van der Waals surface area contributed by atoms with Gasteiger partial charge in [-0.25, -0.2) is 0 Å². The number of aromatic hydroxyl groups is 2. The number of benzene rings is 2. The molecule has 0 unspecified atom stereocenters. The fourth-order valence-corrected chi connectivity index (χ4v) is 4.43. The Morgan fingerprint density at radius 2 is 1.48 bits per heavy atom. The second kappa shape index (κ2) is 6.68. The quantitative estimate of drug-likeness (QED) is 0.455. The second-order valence-electron chi connectivity index (χ2n) is 7.98. The molecule has 3 aromatic rings. The van der Waals surface area contributed by atoms with Gasteiger partial charge in [0, 0.05) is 37.3 Å². The van der Waals surface area contributed by atoms with Crippen LogP contribution in [0, 0.1) is 6.92 Å². The number of piperazine rings is 1. The number of fused-ring (bicyclic) bond motifs is 3. The normalized spacial score (nSPS) is 16.5. The lowest BCUT2D eigenvalue weighted by Crippen LogP contribution is -2.47. The number of nitrogens with zero attached hydrogens (tertiary/aromatic N) is 2. The van der Waals surface area contributed by atoms with Gasteiger partial charge in [0.05, 0.1) is 22.1 Å². The third kappa shape index (κ3) is 2.61. The van der Waals surface area contributed by atoms with Crippen molar-refractivity contribution >= 4 is 28.4 Å². The van der Waals surface area contributed by atoms with E-state index in [4.69, 9.17) is 4.42 Å². The number of carbonyl (C=O) groups excluding carboxylic acids is 3. The summed E-state index contributed by atoms with van der Waals surface area (Å²) < 4.78 is 5.65. The average Bonchev–Trinajstić information content (AvgIpc) is 3.12. The minimum Gasteiger partial charge on any atom is -0.506 e. The molecular weight excluding hydrogens is 400 g/mol. The Bertz CT molecular complexity index is 1300. The third-order valence-electron chi connectivity index (χ3n) is 6.13. The zero-order chi connectivity index (χ0) is 22.0. The maximum Gasteiger partial charge on any atom is 0.258 e. The number of rotatable bonds is 1. The molecule has 1 saturated heterocycles. The zero-order valence-corrected chi connectivity index (χ0v) is 17.1.